The predicted molar refractivity (Wildman–Crippen MR) is 87.9 cm³/mol. The molecule has 112 valence electrons. The molecule has 0 amide bonds. The average molecular weight is 329 g/mol. The Bertz CT molecular complexity index is 752. The number of carbonyl (C=O) groups excluding carboxylic acids is 1. The molecule has 2 heterocycles. The van der Waals surface area contributed by atoms with Crippen molar-refractivity contribution in [3.63, 3.8) is 0 Å². The number of hydrogen-bond acceptors (Lipinski definition) is 6. The van der Waals surface area contributed by atoms with Crippen molar-refractivity contribution in [3.05, 3.63) is 58.3 Å². The molecule has 22 heavy (non-hydrogen) atoms. The number of aliphatic carboxylic acids is 1. The zero-order chi connectivity index (χ0) is 15.4. The van der Waals surface area contributed by atoms with Crippen LogP contribution in [0.3, 0.4) is 0 Å². The molecular formula is C16H13N2O2S2-. The van der Waals surface area contributed by atoms with E-state index >= 15 is 0 Å². The second kappa shape index (κ2) is 6.72. The van der Waals surface area contributed by atoms with Gasteiger partial charge in [-0.15, -0.1) is 22.7 Å². The van der Waals surface area contributed by atoms with Crippen LogP contribution in [0.25, 0.3) is 10.6 Å². The Morgan fingerprint density at radius 2 is 2.00 bits per heavy atom. The number of nitrogens with zero attached hydrogens (tertiary/aromatic N) is 1. The van der Waals surface area contributed by atoms with Crippen LogP contribution in [0.15, 0.2) is 47.8 Å². The zero-order valence-electron chi connectivity index (χ0n) is 11.6. The monoisotopic (exact) mass is 329 g/mol. The van der Waals surface area contributed by atoms with Gasteiger partial charge in [-0.25, -0.2) is 4.98 Å². The minimum atomic E-state index is -1.09. The summed E-state index contributed by atoms with van der Waals surface area (Å²) < 4.78 is 0. The number of benzene rings is 1. The van der Waals surface area contributed by atoms with Gasteiger partial charge >= 0.3 is 0 Å². The Morgan fingerprint density at radius 1 is 1.18 bits per heavy atom. The van der Waals surface area contributed by atoms with Crippen molar-refractivity contribution < 1.29 is 9.90 Å². The fourth-order valence-corrected chi connectivity index (χ4v) is 3.82. The van der Waals surface area contributed by atoms with Gasteiger partial charge in [0.15, 0.2) is 5.13 Å². The molecule has 1 N–H and O–H groups in total. The number of anilines is 1. The summed E-state index contributed by atoms with van der Waals surface area (Å²) in [7, 11) is 0. The van der Waals surface area contributed by atoms with Crippen LogP contribution in [0.4, 0.5) is 5.13 Å². The van der Waals surface area contributed by atoms with Gasteiger partial charge in [0.05, 0.1) is 10.6 Å². The molecule has 4 nitrogen and oxygen atoms in total. The number of carbonyl (C=O) groups is 1. The largest absolute Gasteiger partial charge is 0.550 e. The highest BCUT2D eigenvalue weighted by Crippen LogP contribution is 2.34. The van der Waals surface area contributed by atoms with Gasteiger partial charge < -0.3 is 15.2 Å². The lowest BCUT2D eigenvalue weighted by Gasteiger charge is -2.01. The van der Waals surface area contributed by atoms with E-state index in [1.54, 1.807) is 11.3 Å². The molecule has 0 spiro atoms. The molecule has 3 rings (SSSR count). The Hall–Kier alpha value is -2.18. The first-order valence-electron chi connectivity index (χ1n) is 6.73. The lowest BCUT2D eigenvalue weighted by Crippen LogP contribution is -2.24. The Kier molecular flexibility index (Phi) is 4.50. The number of thiophene rings is 1. The summed E-state index contributed by atoms with van der Waals surface area (Å²) in [5.41, 5.74) is 1.89. The third kappa shape index (κ3) is 3.52. The molecular weight excluding hydrogens is 316 g/mol. The molecule has 6 heteroatoms. The Balaban J connectivity index is 1.81. The van der Waals surface area contributed by atoms with Crippen LogP contribution in [0, 0.1) is 0 Å². The summed E-state index contributed by atoms with van der Waals surface area (Å²) in [6.45, 7) is 0.656. The van der Waals surface area contributed by atoms with Crippen molar-refractivity contribution in [3.8, 4) is 10.6 Å². The minimum absolute atomic E-state index is 0.113. The van der Waals surface area contributed by atoms with E-state index in [9.17, 15) is 9.90 Å². The molecule has 0 fully saturated rings. The van der Waals surface area contributed by atoms with E-state index in [0.717, 1.165) is 26.1 Å². The smallest absolute Gasteiger partial charge is 0.183 e. The molecule has 1 aromatic carbocycles. The Labute approximate surface area is 136 Å². The highest BCUT2D eigenvalue weighted by Gasteiger charge is 2.14. The molecule has 0 unspecified atom stereocenters. The third-order valence-corrected chi connectivity index (χ3v) is 4.93. The molecule has 0 aliphatic carbocycles. The molecule has 0 aliphatic rings. The van der Waals surface area contributed by atoms with E-state index in [4.69, 9.17) is 0 Å². The molecule has 2 aromatic heterocycles. The third-order valence-electron chi connectivity index (χ3n) is 3.04. The van der Waals surface area contributed by atoms with Gasteiger partial charge in [-0.2, -0.15) is 0 Å². The molecule has 0 aliphatic heterocycles. The summed E-state index contributed by atoms with van der Waals surface area (Å²) in [6, 6.07) is 13.9. The maximum atomic E-state index is 10.9. The summed E-state index contributed by atoms with van der Waals surface area (Å²) >= 11 is 2.92. The van der Waals surface area contributed by atoms with Crippen molar-refractivity contribution >= 4 is 33.8 Å². The fourth-order valence-electron chi connectivity index (χ4n) is 2.06. The van der Waals surface area contributed by atoms with Gasteiger partial charge in [0.1, 0.15) is 0 Å². The predicted octanol–water partition coefficient (Wildman–Crippen LogP) is 2.78. The molecule has 0 radical (unpaired) electrons. The highest BCUT2D eigenvalue weighted by molar-refractivity contribution is 7.17. The second-order valence-corrected chi connectivity index (χ2v) is 6.69. The second-order valence-electron chi connectivity index (χ2n) is 4.66. The highest BCUT2D eigenvalue weighted by atomic mass is 32.1. The van der Waals surface area contributed by atoms with Crippen LogP contribution in [0.2, 0.25) is 0 Å². The number of hydrogen-bond donors (Lipinski definition) is 1. The molecule has 0 saturated carbocycles. The minimum Gasteiger partial charge on any atom is -0.550 e. The van der Waals surface area contributed by atoms with Crippen LogP contribution >= 0.6 is 22.7 Å². The summed E-state index contributed by atoms with van der Waals surface area (Å²) in [4.78, 5) is 17.2. The summed E-state index contributed by atoms with van der Waals surface area (Å²) in [5.74, 6) is -1.09. The van der Waals surface area contributed by atoms with Crippen LogP contribution in [0.1, 0.15) is 10.4 Å². The quantitative estimate of drug-likeness (QED) is 0.755. The zero-order valence-corrected chi connectivity index (χ0v) is 13.2. The number of carboxylic acid groups (broad SMARTS) is 1. The molecule has 0 saturated heterocycles. The van der Waals surface area contributed by atoms with Crippen LogP contribution in [-0.4, -0.2) is 11.0 Å². The van der Waals surface area contributed by atoms with Crippen LogP contribution in [-0.2, 0) is 17.8 Å². The van der Waals surface area contributed by atoms with Gasteiger partial charge in [0.2, 0.25) is 0 Å². The van der Waals surface area contributed by atoms with Crippen LogP contribution in [0.5, 0.6) is 0 Å². The lowest BCUT2D eigenvalue weighted by molar-refractivity contribution is -0.304. The van der Waals surface area contributed by atoms with E-state index in [-0.39, 0.29) is 6.42 Å². The summed E-state index contributed by atoms with van der Waals surface area (Å²) in [6.07, 6.45) is -0.113. The first-order chi connectivity index (χ1) is 10.7. The van der Waals surface area contributed by atoms with Gasteiger partial charge in [0, 0.05) is 23.8 Å². The van der Waals surface area contributed by atoms with Crippen molar-refractivity contribution in [1.29, 1.82) is 0 Å². The first-order valence-corrected chi connectivity index (χ1v) is 8.43. The van der Waals surface area contributed by atoms with E-state index in [1.165, 1.54) is 11.3 Å². The molecule has 0 bridgehead atoms. The number of carboxylic acids is 1. The number of aromatic nitrogens is 1. The van der Waals surface area contributed by atoms with Crippen molar-refractivity contribution in [1.82, 2.24) is 4.98 Å². The Morgan fingerprint density at radius 3 is 2.68 bits per heavy atom. The van der Waals surface area contributed by atoms with Gasteiger partial charge in [-0.05, 0) is 17.0 Å². The fraction of sp³-hybridized carbons (Fsp3) is 0.125. The van der Waals surface area contributed by atoms with Crippen molar-refractivity contribution in [2.75, 3.05) is 5.32 Å². The van der Waals surface area contributed by atoms with Gasteiger partial charge in [-0.1, -0.05) is 36.4 Å². The maximum absolute atomic E-state index is 10.9. The van der Waals surface area contributed by atoms with Crippen molar-refractivity contribution in [2.45, 2.75) is 13.0 Å². The SMILES string of the molecule is O=C([O-])Cc1sc(NCc2ccccc2)nc1-c1cccs1. The lowest BCUT2D eigenvalue weighted by atomic mass is 10.2. The van der Waals surface area contributed by atoms with E-state index in [1.807, 2.05) is 47.8 Å². The number of nitrogens with one attached hydrogen (secondary N) is 1. The van der Waals surface area contributed by atoms with Gasteiger partial charge in [0.25, 0.3) is 0 Å². The van der Waals surface area contributed by atoms with Crippen molar-refractivity contribution in [2.24, 2.45) is 0 Å². The van der Waals surface area contributed by atoms with E-state index in [0.29, 0.717) is 6.54 Å². The molecule has 0 atom stereocenters. The summed E-state index contributed by atoms with van der Waals surface area (Å²) in [5, 5.41) is 16.9. The van der Waals surface area contributed by atoms with E-state index < -0.39 is 5.97 Å². The number of thiazole rings is 1. The van der Waals surface area contributed by atoms with Crippen LogP contribution < -0.4 is 10.4 Å². The standard InChI is InChI=1S/C16H14N2O2S2/c19-14(20)9-13-15(12-7-4-8-21-12)18-16(22-13)17-10-11-5-2-1-3-6-11/h1-8H,9-10H2,(H,17,18)(H,19,20)/p-1. The number of rotatable bonds is 6. The normalized spacial score (nSPS) is 10.5. The topological polar surface area (TPSA) is 65.0 Å². The average Bonchev–Trinajstić information content (AvgIpc) is 3.15. The first kappa shape index (κ1) is 14.7. The molecule has 3 aromatic rings. The van der Waals surface area contributed by atoms with E-state index in [2.05, 4.69) is 10.3 Å². The maximum Gasteiger partial charge on any atom is 0.183 e. The van der Waals surface area contributed by atoms with Gasteiger partial charge in [-0.3, -0.25) is 0 Å².